The summed E-state index contributed by atoms with van der Waals surface area (Å²) in [6.45, 7) is 3.14. The number of hydrogen-bond acceptors (Lipinski definition) is 4. The monoisotopic (exact) mass is 413 g/mol. The first kappa shape index (κ1) is 19.6. The van der Waals surface area contributed by atoms with Crippen molar-refractivity contribution in [3.8, 4) is 11.5 Å². The van der Waals surface area contributed by atoms with E-state index in [0.717, 1.165) is 48.5 Å². The molecule has 0 saturated heterocycles. The molecule has 1 aliphatic heterocycles. The molecule has 0 aliphatic carbocycles. The minimum Gasteiger partial charge on any atom is -0.493 e. The third kappa shape index (κ3) is 4.18. The van der Waals surface area contributed by atoms with Gasteiger partial charge in [-0.2, -0.15) is 0 Å². The number of rotatable bonds is 6. The molecule has 0 unspecified atom stereocenters. The smallest absolute Gasteiger partial charge is 0.267 e. The molecule has 2 heterocycles. The Bertz CT molecular complexity index is 1050. The number of amides is 1. The number of carbonyl (C=O) groups excluding carboxylic acids is 1. The molecule has 152 valence electrons. The van der Waals surface area contributed by atoms with Crippen LogP contribution in [-0.4, -0.2) is 49.6 Å². The van der Waals surface area contributed by atoms with Crippen LogP contribution in [0.4, 0.5) is 0 Å². The van der Waals surface area contributed by atoms with Gasteiger partial charge in [-0.05, 0) is 47.9 Å². The first-order chi connectivity index (χ1) is 14.1. The third-order valence-corrected chi connectivity index (χ3v) is 5.57. The molecule has 0 fully saturated rings. The van der Waals surface area contributed by atoms with E-state index in [0.29, 0.717) is 17.3 Å². The second-order valence-electron chi connectivity index (χ2n) is 7.17. The van der Waals surface area contributed by atoms with E-state index in [1.54, 1.807) is 14.2 Å². The Hall–Kier alpha value is -2.70. The Morgan fingerprint density at radius 1 is 1.14 bits per heavy atom. The minimum atomic E-state index is -0.110. The highest BCUT2D eigenvalue weighted by Gasteiger charge is 2.19. The number of benzene rings is 2. The first-order valence-electron chi connectivity index (χ1n) is 9.60. The van der Waals surface area contributed by atoms with Gasteiger partial charge < -0.3 is 19.8 Å². The summed E-state index contributed by atoms with van der Waals surface area (Å²) in [4.78, 5) is 17.9. The third-order valence-electron chi connectivity index (χ3n) is 5.34. The Labute approximate surface area is 174 Å². The van der Waals surface area contributed by atoms with E-state index in [9.17, 15) is 4.79 Å². The van der Waals surface area contributed by atoms with Crippen LogP contribution in [0.5, 0.6) is 11.5 Å². The predicted octanol–water partition coefficient (Wildman–Crippen LogP) is 3.63. The molecular weight excluding hydrogens is 390 g/mol. The van der Waals surface area contributed by atoms with Gasteiger partial charge in [-0.25, -0.2) is 0 Å². The van der Waals surface area contributed by atoms with Crippen molar-refractivity contribution in [2.24, 2.45) is 0 Å². The van der Waals surface area contributed by atoms with Gasteiger partial charge in [0, 0.05) is 42.1 Å². The van der Waals surface area contributed by atoms with Gasteiger partial charge in [-0.15, -0.1) is 0 Å². The number of aromatic nitrogens is 1. The molecule has 3 aromatic rings. The zero-order chi connectivity index (χ0) is 20.4. The lowest BCUT2D eigenvalue weighted by atomic mass is 9.99. The standard InChI is InChI=1S/C22H24ClN3O3/c1-28-20-10-14-5-7-26(13-16(14)11-21(20)29-2)8-6-24-22(27)19-9-15-3-4-17(23)12-18(15)25-19/h3-4,9-12,25H,5-8,13H2,1-2H3,(H,24,27). The molecule has 29 heavy (non-hydrogen) atoms. The van der Waals surface area contributed by atoms with Crippen LogP contribution >= 0.6 is 11.6 Å². The number of carbonyl (C=O) groups is 1. The number of methoxy groups -OCH3 is 2. The topological polar surface area (TPSA) is 66.6 Å². The molecule has 4 rings (SSSR count). The van der Waals surface area contributed by atoms with Crippen molar-refractivity contribution in [3.05, 3.63) is 58.2 Å². The van der Waals surface area contributed by atoms with Crippen LogP contribution < -0.4 is 14.8 Å². The first-order valence-corrected chi connectivity index (χ1v) is 9.98. The van der Waals surface area contributed by atoms with Crippen molar-refractivity contribution in [2.45, 2.75) is 13.0 Å². The Kier molecular flexibility index (Phi) is 5.65. The zero-order valence-corrected chi connectivity index (χ0v) is 17.3. The molecule has 0 bridgehead atoms. The molecule has 6 nitrogen and oxygen atoms in total. The normalized spacial score (nSPS) is 13.9. The van der Waals surface area contributed by atoms with Gasteiger partial charge in [-0.1, -0.05) is 17.7 Å². The SMILES string of the molecule is COc1cc2c(cc1OC)CN(CCNC(=O)c1cc3ccc(Cl)cc3[nH]1)CC2. The number of nitrogens with zero attached hydrogens (tertiary/aromatic N) is 1. The fourth-order valence-electron chi connectivity index (χ4n) is 3.78. The van der Waals surface area contributed by atoms with Crippen LogP contribution in [0.3, 0.4) is 0 Å². The summed E-state index contributed by atoms with van der Waals surface area (Å²) in [6, 6.07) is 11.5. The second kappa shape index (κ2) is 8.35. The Balaban J connectivity index is 1.34. The maximum atomic E-state index is 12.5. The maximum Gasteiger partial charge on any atom is 0.267 e. The highest BCUT2D eigenvalue weighted by Crippen LogP contribution is 2.33. The van der Waals surface area contributed by atoms with Gasteiger partial charge in [0.1, 0.15) is 5.69 Å². The molecule has 7 heteroatoms. The van der Waals surface area contributed by atoms with Crippen LogP contribution in [0.2, 0.25) is 5.02 Å². The molecule has 1 aliphatic rings. The van der Waals surface area contributed by atoms with Crippen LogP contribution in [0.1, 0.15) is 21.6 Å². The van der Waals surface area contributed by atoms with E-state index < -0.39 is 0 Å². The number of aromatic amines is 1. The lowest BCUT2D eigenvalue weighted by molar-refractivity contribution is 0.0943. The van der Waals surface area contributed by atoms with E-state index in [-0.39, 0.29) is 5.91 Å². The Morgan fingerprint density at radius 3 is 2.66 bits per heavy atom. The second-order valence-corrected chi connectivity index (χ2v) is 7.61. The van der Waals surface area contributed by atoms with Gasteiger partial charge in [-0.3, -0.25) is 9.69 Å². The molecule has 2 aromatic carbocycles. The fourth-order valence-corrected chi connectivity index (χ4v) is 3.95. The van der Waals surface area contributed by atoms with Gasteiger partial charge in [0.2, 0.25) is 0 Å². The molecular formula is C22H24ClN3O3. The average molecular weight is 414 g/mol. The Morgan fingerprint density at radius 2 is 1.90 bits per heavy atom. The maximum absolute atomic E-state index is 12.5. The van der Waals surface area contributed by atoms with Crippen molar-refractivity contribution >= 4 is 28.4 Å². The van der Waals surface area contributed by atoms with Crippen molar-refractivity contribution in [2.75, 3.05) is 33.9 Å². The minimum absolute atomic E-state index is 0.110. The molecule has 1 aromatic heterocycles. The van der Waals surface area contributed by atoms with E-state index in [4.69, 9.17) is 21.1 Å². The van der Waals surface area contributed by atoms with Crippen LogP contribution in [0.25, 0.3) is 10.9 Å². The average Bonchev–Trinajstić information content (AvgIpc) is 3.15. The number of ether oxygens (including phenoxy) is 2. The zero-order valence-electron chi connectivity index (χ0n) is 16.5. The highest BCUT2D eigenvalue weighted by atomic mass is 35.5. The van der Waals surface area contributed by atoms with Gasteiger partial charge in [0.05, 0.1) is 14.2 Å². The van der Waals surface area contributed by atoms with Gasteiger partial charge >= 0.3 is 0 Å². The largest absolute Gasteiger partial charge is 0.493 e. The predicted molar refractivity (Wildman–Crippen MR) is 114 cm³/mol. The van der Waals surface area contributed by atoms with Crippen molar-refractivity contribution in [1.82, 2.24) is 15.2 Å². The lowest BCUT2D eigenvalue weighted by Gasteiger charge is -2.29. The van der Waals surface area contributed by atoms with Crippen molar-refractivity contribution in [1.29, 1.82) is 0 Å². The summed E-state index contributed by atoms with van der Waals surface area (Å²) in [6.07, 6.45) is 0.951. The van der Waals surface area contributed by atoms with E-state index in [1.807, 2.05) is 24.3 Å². The number of fused-ring (bicyclic) bond motifs is 2. The summed E-state index contributed by atoms with van der Waals surface area (Å²) in [5.41, 5.74) is 3.94. The molecule has 0 spiro atoms. The quantitative estimate of drug-likeness (QED) is 0.647. The molecule has 0 radical (unpaired) electrons. The van der Waals surface area contributed by atoms with Gasteiger partial charge in [0.15, 0.2) is 11.5 Å². The van der Waals surface area contributed by atoms with Crippen molar-refractivity contribution in [3.63, 3.8) is 0 Å². The summed E-state index contributed by atoms with van der Waals surface area (Å²) in [5.74, 6) is 1.41. The van der Waals surface area contributed by atoms with E-state index in [1.165, 1.54) is 11.1 Å². The van der Waals surface area contributed by atoms with E-state index in [2.05, 4.69) is 27.3 Å². The number of hydrogen-bond donors (Lipinski definition) is 2. The number of H-pyrrole nitrogens is 1. The molecule has 0 saturated carbocycles. The lowest BCUT2D eigenvalue weighted by Crippen LogP contribution is -2.37. The fraction of sp³-hybridized carbons (Fsp3) is 0.318. The number of halogens is 1. The number of nitrogens with one attached hydrogen (secondary N) is 2. The summed E-state index contributed by atoms with van der Waals surface area (Å²) < 4.78 is 10.8. The highest BCUT2D eigenvalue weighted by molar-refractivity contribution is 6.31. The van der Waals surface area contributed by atoms with E-state index >= 15 is 0 Å². The van der Waals surface area contributed by atoms with Crippen molar-refractivity contribution < 1.29 is 14.3 Å². The molecule has 1 amide bonds. The summed E-state index contributed by atoms with van der Waals surface area (Å²) in [5, 5.41) is 4.61. The van der Waals surface area contributed by atoms with Crippen LogP contribution in [-0.2, 0) is 13.0 Å². The molecule has 0 atom stereocenters. The van der Waals surface area contributed by atoms with Crippen LogP contribution in [0.15, 0.2) is 36.4 Å². The van der Waals surface area contributed by atoms with Gasteiger partial charge in [0.25, 0.3) is 5.91 Å². The molecule has 2 N–H and O–H groups in total. The summed E-state index contributed by atoms with van der Waals surface area (Å²) in [7, 11) is 3.31. The van der Waals surface area contributed by atoms with Crippen LogP contribution in [0, 0.1) is 0 Å². The summed E-state index contributed by atoms with van der Waals surface area (Å²) >= 11 is 6.01.